The Morgan fingerprint density at radius 2 is 2.58 bits per heavy atom. The van der Waals surface area contributed by atoms with Crippen molar-refractivity contribution in [2.24, 2.45) is 0 Å². The molecule has 66 valence electrons. The Kier molecular flexibility index (Phi) is 2.12. The third-order valence-corrected chi connectivity index (χ3v) is 3.13. The van der Waals surface area contributed by atoms with Gasteiger partial charge in [-0.3, -0.25) is 0 Å². The third-order valence-electron chi connectivity index (χ3n) is 2.13. The quantitative estimate of drug-likeness (QED) is 0.680. The van der Waals surface area contributed by atoms with Crippen LogP contribution in [0.1, 0.15) is 22.3 Å². The van der Waals surface area contributed by atoms with E-state index in [0.717, 1.165) is 22.9 Å². The molecule has 0 amide bonds. The van der Waals surface area contributed by atoms with E-state index in [2.05, 4.69) is 10.3 Å². The number of aryl methyl sites for hydroxylation is 1. The first-order chi connectivity index (χ1) is 5.77. The fourth-order valence-corrected chi connectivity index (χ4v) is 2.42. The molecule has 0 saturated carbocycles. The minimum Gasteiger partial charge on any atom is -0.391 e. The second-order valence-corrected chi connectivity index (χ2v) is 4.34. The van der Waals surface area contributed by atoms with E-state index in [4.69, 9.17) is 0 Å². The average Bonchev–Trinajstić information content (AvgIpc) is 2.58. The van der Waals surface area contributed by atoms with E-state index in [1.54, 1.807) is 11.3 Å². The van der Waals surface area contributed by atoms with Gasteiger partial charge in [0.2, 0.25) is 0 Å². The summed E-state index contributed by atoms with van der Waals surface area (Å²) in [4.78, 5) is 5.31. The molecule has 1 aromatic heterocycles. The van der Waals surface area contributed by atoms with Crippen LogP contribution in [0.4, 0.5) is 0 Å². The molecule has 2 unspecified atom stereocenters. The molecule has 0 radical (unpaired) electrons. The highest BCUT2D eigenvalue weighted by Crippen LogP contribution is 2.27. The molecule has 1 aliphatic rings. The van der Waals surface area contributed by atoms with Crippen LogP contribution in [0.2, 0.25) is 0 Å². The first kappa shape index (κ1) is 8.16. The molecule has 3 nitrogen and oxygen atoms in total. The summed E-state index contributed by atoms with van der Waals surface area (Å²) in [5.41, 5.74) is 0. The maximum Gasteiger partial charge on any atom is 0.0897 e. The molecule has 1 aliphatic heterocycles. The number of aromatic nitrogens is 1. The predicted octanol–water partition coefficient (Wildman–Crippen LogP) is 0.847. The lowest BCUT2D eigenvalue weighted by Gasteiger charge is -2.11. The molecular weight excluding hydrogens is 172 g/mol. The van der Waals surface area contributed by atoms with Gasteiger partial charge in [-0.1, -0.05) is 0 Å². The lowest BCUT2D eigenvalue weighted by atomic mass is 10.1. The Hall–Kier alpha value is -0.450. The molecule has 0 spiro atoms. The zero-order valence-electron chi connectivity index (χ0n) is 6.95. The second kappa shape index (κ2) is 3.12. The Bertz CT molecular complexity index is 274. The Labute approximate surface area is 75.5 Å². The largest absolute Gasteiger partial charge is 0.391 e. The SMILES string of the molecule is Cc1ncc(C2NCCC2O)s1. The summed E-state index contributed by atoms with van der Waals surface area (Å²) >= 11 is 1.66. The van der Waals surface area contributed by atoms with Crippen molar-refractivity contribution in [3.63, 3.8) is 0 Å². The number of aliphatic hydroxyl groups is 1. The highest BCUT2D eigenvalue weighted by molar-refractivity contribution is 7.11. The number of hydrogen-bond acceptors (Lipinski definition) is 4. The van der Waals surface area contributed by atoms with Crippen molar-refractivity contribution in [1.82, 2.24) is 10.3 Å². The van der Waals surface area contributed by atoms with E-state index in [-0.39, 0.29) is 12.1 Å². The summed E-state index contributed by atoms with van der Waals surface area (Å²) < 4.78 is 0. The normalized spacial score (nSPS) is 29.5. The van der Waals surface area contributed by atoms with Gasteiger partial charge in [0.25, 0.3) is 0 Å². The van der Waals surface area contributed by atoms with E-state index in [0.29, 0.717) is 0 Å². The number of aliphatic hydroxyl groups excluding tert-OH is 1. The van der Waals surface area contributed by atoms with E-state index >= 15 is 0 Å². The minimum absolute atomic E-state index is 0.121. The second-order valence-electron chi connectivity index (χ2n) is 3.07. The number of rotatable bonds is 1. The molecule has 2 atom stereocenters. The van der Waals surface area contributed by atoms with Gasteiger partial charge in [0.05, 0.1) is 17.2 Å². The summed E-state index contributed by atoms with van der Waals surface area (Å²) in [5, 5.41) is 13.9. The fourth-order valence-electron chi connectivity index (χ4n) is 1.50. The zero-order valence-corrected chi connectivity index (χ0v) is 7.77. The molecule has 1 aromatic rings. The van der Waals surface area contributed by atoms with E-state index in [9.17, 15) is 5.11 Å². The van der Waals surface area contributed by atoms with Crippen molar-refractivity contribution in [2.75, 3.05) is 6.54 Å². The predicted molar refractivity (Wildman–Crippen MR) is 48.2 cm³/mol. The molecular formula is C8H12N2OS. The van der Waals surface area contributed by atoms with Gasteiger partial charge in [-0.25, -0.2) is 4.98 Å². The van der Waals surface area contributed by atoms with Gasteiger partial charge in [-0.15, -0.1) is 11.3 Å². The standard InChI is InChI=1S/C8H12N2OS/c1-5-10-4-7(12-5)8-6(11)2-3-9-8/h4,6,8-9,11H,2-3H2,1H3. The smallest absolute Gasteiger partial charge is 0.0897 e. The van der Waals surface area contributed by atoms with Crippen LogP contribution in [0.3, 0.4) is 0 Å². The van der Waals surface area contributed by atoms with Crippen molar-refractivity contribution in [3.8, 4) is 0 Å². The molecule has 2 N–H and O–H groups in total. The first-order valence-corrected chi connectivity index (χ1v) is 4.93. The van der Waals surface area contributed by atoms with Crippen LogP contribution in [0.15, 0.2) is 6.20 Å². The van der Waals surface area contributed by atoms with Gasteiger partial charge in [0.15, 0.2) is 0 Å². The number of thiazole rings is 1. The Morgan fingerprint density at radius 3 is 3.08 bits per heavy atom. The molecule has 12 heavy (non-hydrogen) atoms. The summed E-state index contributed by atoms with van der Waals surface area (Å²) in [6, 6.07) is 0.121. The highest BCUT2D eigenvalue weighted by atomic mass is 32.1. The van der Waals surface area contributed by atoms with Crippen LogP contribution in [0, 0.1) is 6.92 Å². The third kappa shape index (κ3) is 1.37. The van der Waals surface area contributed by atoms with E-state index in [1.165, 1.54) is 0 Å². The number of nitrogens with zero attached hydrogens (tertiary/aromatic N) is 1. The molecule has 0 aromatic carbocycles. The molecule has 1 fully saturated rings. The molecule has 0 bridgehead atoms. The van der Waals surface area contributed by atoms with Crippen molar-refractivity contribution in [1.29, 1.82) is 0 Å². The van der Waals surface area contributed by atoms with Crippen molar-refractivity contribution in [2.45, 2.75) is 25.5 Å². The highest BCUT2D eigenvalue weighted by Gasteiger charge is 2.27. The summed E-state index contributed by atoms with van der Waals surface area (Å²) in [7, 11) is 0. The molecule has 1 saturated heterocycles. The lowest BCUT2D eigenvalue weighted by Crippen LogP contribution is -2.19. The minimum atomic E-state index is -0.232. The van der Waals surface area contributed by atoms with E-state index in [1.807, 2.05) is 13.1 Å². The van der Waals surface area contributed by atoms with Crippen molar-refractivity contribution >= 4 is 11.3 Å². The maximum atomic E-state index is 9.57. The summed E-state index contributed by atoms with van der Waals surface area (Å²) in [6.07, 6.45) is 2.47. The molecule has 0 aliphatic carbocycles. The number of hydrogen-bond donors (Lipinski definition) is 2. The van der Waals surface area contributed by atoms with Crippen LogP contribution >= 0.6 is 11.3 Å². The summed E-state index contributed by atoms with van der Waals surface area (Å²) in [5.74, 6) is 0. The van der Waals surface area contributed by atoms with Gasteiger partial charge >= 0.3 is 0 Å². The topological polar surface area (TPSA) is 45.2 Å². The lowest BCUT2D eigenvalue weighted by molar-refractivity contribution is 0.161. The van der Waals surface area contributed by atoms with Gasteiger partial charge < -0.3 is 10.4 Å². The first-order valence-electron chi connectivity index (χ1n) is 4.11. The van der Waals surface area contributed by atoms with Crippen LogP contribution < -0.4 is 5.32 Å². The Morgan fingerprint density at radius 1 is 1.75 bits per heavy atom. The van der Waals surface area contributed by atoms with Crippen molar-refractivity contribution < 1.29 is 5.11 Å². The molecule has 4 heteroatoms. The molecule has 2 heterocycles. The summed E-state index contributed by atoms with van der Waals surface area (Å²) in [6.45, 7) is 2.89. The van der Waals surface area contributed by atoms with Crippen molar-refractivity contribution in [3.05, 3.63) is 16.1 Å². The van der Waals surface area contributed by atoms with Crippen LogP contribution in [-0.2, 0) is 0 Å². The number of nitrogens with one attached hydrogen (secondary N) is 1. The van der Waals surface area contributed by atoms with Gasteiger partial charge in [0, 0.05) is 11.1 Å². The fraction of sp³-hybridized carbons (Fsp3) is 0.625. The average molecular weight is 184 g/mol. The van der Waals surface area contributed by atoms with Crippen LogP contribution in [-0.4, -0.2) is 22.7 Å². The zero-order chi connectivity index (χ0) is 8.55. The van der Waals surface area contributed by atoms with Crippen LogP contribution in [0.5, 0.6) is 0 Å². The monoisotopic (exact) mass is 184 g/mol. The van der Waals surface area contributed by atoms with Gasteiger partial charge in [0.1, 0.15) is 0 Å². The van der Waals surface area contributed by atoms with Crippen LogP contribution in [0.25, 0.3) is 0 Å². The Balaban J connectivity index is 2.19. The maximum absolute atomic E-state index is 9.57. The van der Waals surface area contributed by atoms with Gasteiger partial charge in [-0.05, 0) is 19.9 Å². The van der Waals surface area contributed by atoms with E-state index < -0.39 is 0 Å². The molecule has 2 rings (SSSR count). The van der Waals surface area contributed by atoms with Gasteiger partial charge in [-0.2, -0.15) is 0 Å².